The third-order valence-electron chi connectivity index (χ3n) is 2.78. The van der Waals surface area contributed by atoms with E-state index in [4.69, 9.17) is 5.11 Å². The maximum absolute atomic E-state index is 11.4. The molecule has 106 valence electrons. The molecule has 0 aromatic carbocycles. The average molecular weight is 310 g/mol. The summed E-state index contributed by atoms with van der Waals surface area (Å²) in [6.07, 6.45) is 0. The van der Waals surface area contributed by atoms with E-state index in [1.54, 1.807) is 11.3 Å². The molecule has 0 radical (unpaired) electrons. The first-order chi connectivity index (χ1) is 9.38. The highest BCUT2D eigenvalue weighted by molar-refractivity contribution is 7.17. The minimum atomic E-state index is -1.18. The van der Waals surface area contributed by atoms with Crippen molar-refractivity contribution in [2.75, 3.05) is 5.32 Å². The summed E-state index contributed by atoms with van der Waals surface area (Å²) < 4.78 is 0. The molecule has 0 spiro atoms. The SMILES string of the molecule is CC(=O)c1sc(NCc2cc(C)c(C)s2)nc1C(=O)O. The summed E-state index contributed by atoms with van der Waals surface area (Å²) in [6.45, 7) is 6.03. The van der Waals surface area contributed by atoms with E-state index in [-0.39, 0.29) is 16.4 Å². The van der Waals surface area contributed by atoms with Gasteiger partial charge in [-0.2, -0.15) is 0 Å². The van der Waals surface area contributed by atoms with Gasteiger partial charge in [0.2, 0.25) is 0 Å². The predicted molar refractivity (Wildman–Crippen MR) is 80.2 cm³/mol. The van der Waals surface area contributed by atoms with Crippen LogP contribution in [0.3, 0.4) is 0 Å². The van der Waals surface area contributed by atoms with Crippen molar-refractivity contribution in [2.24, 2.45) is 0 Å². The predicted octanol–water partition coefficient (Wildman–Crippen LogP) is 3.33. The van der Waals surface area contributed by atoms with Gasteiger partial charge in [-0.1, -0.05) is 11.3 Å². The Bertz CT molecular complexity index is 622. The maximum atomic E-state index is 11.4. The van der Waals surface area contributed by atoms with E-state index in [0.29, 0.717) is 11.7 Å². The summed E-state index contributed by atoms with van der Waals surface area (Å²) >= 11 is 2.77. The number of carbonyl (C=O) groups is 2. The monoisotopic (exact) mass is 310 g/mol. The van der Waals surface area contributed by atoms with E-state index in [1.807, 2.05) is 0 Å². The number of thiophene rings is 1. The third-order valence-corrected chi connectivity index (χ3v) is 5.05. The fraction of sp³-hybridized carbons (Fsp3) is 0.308. The Morgan fingerprint density at radius 2 is 2.05 bits per heavy atom. The van der Waals surface area contributed by atoms with E-state index in [2.05, 4.69) is 30.2 Å². The number of hydrogen-bond acceptors (Lipinski definition) is 6. The summed E-state index contributed by atoms with van der Waals surface area (Å²) in [5.74, 6) is -1.46. The highest BCUT2D eigenvalue weighted by Crippen LogP contribution is 2.26. The zero-order chi connectivity index (χ0) is 14.9. The minimum absolute atomic E-state index is 0.177. The molecule has 2 rings (SSSR count). The van der Waals surface area contributed by atoms with Crippen LogP contribution in [0, 0.1) is 13.8 Å². The number of aromatic nitrogens is 1. The lowest BCUT2D eigenvalue weighted by atomic mass is 10.3. The van der Waals surface area contributed by atoms with Crippen LogP contribution in [0.25, 0.3) is 0 Å². The molecule has 0 amide bonds. The lowest BCUT2D eigenvalue weighted by molar-refractivity contribution is 0.0687. The van der Waals surface area contributed by atoms with Crippen LogP contribution in [0.2, 0.25) is 0 Å². The average Bonchev–Trinajstić information content (AvgIpc) is 2.92. The van der Waals surface area contributed by atoms with Crippen molar-refractivity contribution in [2.45, 2.75) is 27.3 Å². The van der Waals surface area contributed by atoms with Crippen molar-refractivity contribution in [3.63, 3.8) is 0 Å². The molecule has 0 aliphatic rings. The van der Waals surface area contributed by atoms with Gasteiger partial charge >= 0.3 is 5.97 Å². The lowest BCUT2D eigenvalue weighted by Crippen LogP contribution is -2.04. The summed E-state index contributed by atoms with van der Waals surface area (Å²) in [5, 5.41) is 12.5. The van der Waals surface area contributed by atoms with E-state index < -0.39 is 5.97 Å². The molecule has 2 aromatic heterocycles. The number of carbonyl (C=O) groups excluding carboxylic acids is 1. The van der Waals surface area contributed by atoms with Crippen LogP contribution in [-0.2, 0) is 6.54 Å². The number of Topliss-reactive ketones (excluding diaryl/α,β-unsaturated/α-hetero) is 1. The fourth-order valence-corrected chi connectivity index (χ4v) is 3.52. The number of rotatable bonds is 5. The number of carboxylic acids is 1. The van der Waals surface area contributed by atoms with Crippen LogP contribution in [0.5, 0.6) is 0 Å². The van der Waals surface area contributed by atoms with Crippen LogP contribution < -0.4 is 5.32 Å². The number of thiazole rings is 1. The number of nitrogens with one attached hydrogen (secondary N) is 1. The number of aromatic carboxylic acids is 1. The molecule has 0 saturated heterocycles. The molecule has 5 nitrogen and oxygen atoms in total. The molecule has 0 aliphatic heterocycles. The zero-order valence-electron chi connectivity index (χ0n) is 11.3. The Labute approximate surface area is 124 Å². The van der Waals surface area contributed by atoms with E-state index in [1.165, 1.54) is 17.4 Å². The highest BCUT2D eigenvalue weighted by Gasteiger charge is 2.20. The number of ketones is 1. The van der Waals surface area contributed by atoms with Gasteiger partial charge < -0.3 is 10.4 Å². The molecule has 2 aromatic rings. The van der Waals surface area contributed by atoms with Gasteiger partial charge in [0, 0.05) is 16.7 Å². The maximum Gasteiger partial charge on any atom is 0.356 e. The first-order valence-electron chi connectivity index (χ1n) is 5.93. The van der Waals surface area contributed by atoms with Crippen LogP contribution in [0.4, 0.5) is 5.13 Å². The molecule has 2 N–H and O–H groups in total. The van der Waals surface area contributed by atoms with Crippen molar-refractivity contribution in [3.05, 3.63) is 32.0 Å². The summed E-state index contributed by atoms with van der Waals surface area (Å²) in [7, 11) is 0. The molecule has 0 bridgehead atoms. The molecule has 20 heavy (non-hydrogen) atoms. The topological polar surface area (TPSA) is 79.3 Å². The normalized spacial score (nSPS) is 10.6. The van der Waals surface area contributed by atoms with Gasteiger partial charge in [0.1, 0.15) is 4.88 Å². The van der Waals surface area contributed by atoms with Crippen molar-refractivity contribution < 1.29 is 14.7 Å². The Morgan fingerprint density at radius 3 is 2.50 bits per heavy atom. The van der Waals surface area contributed by atoms with Gasteiger partial charge in [0.25, 0.3) is 0 Å². The number of nitrogens with zero attached hydrogens (tertiary/aromatic N) is 1. The summed E-state index contributed by atoms with van der Waals surface area (Å²) in [5.41, 5.74) is 1.06. The second kappa shape index (κ2) is 5.72. The molecule has 0 aliphatic carbocycles. The van der Waals surface area contributed by atoms with Crippen molar-refractivity contribution in [3.8, 4) is 0 Å². The lowest BCUT2D eigenvalue weighted by Gasteiger charge is -1.98. The van der Waals surface area contributed by atoms with Crippen molar-refractivity contribution in [1.82, 2.24) is 4.98 Å². The van der Waals surface area contributed by atoms with Gasteiger partial charge in [-0.3, -0.25) is 4.79 Å². The van der Waals surface area contributed by atoms with Crippen LogP contribution in [-0.4, -0.2) is 21.8 Å². The molecule has 2 heterocycles. The zero-order valence-corrected chi connectivity index (χ0v) is 12.9. The van der Waals surface area contributed by atoms with Crippen molar-refractivity contribution in [1.29, 1.82) is 0 Å². The van der Waals surface area contributed by atoms with Gasteiger partial charge in [-0.05, 0) is 25.5 Å². The van der Waals surface area contributed by atoms with Gasteiger partial charge in [-0.15, -0.1) is 11.3 Å². The quantitative estimate of drug-likeness (QED) is 0.828. The molecule has 0 saturated carbocycles. The van der Waals surface area contributed by atoms with Crippen LogP contribution in [0.15, 0.2) is 6.07 Å². The first-order valence-corrected chi connectivity index (χ1v) is 7.56. The molecular weight excluding hydrogens is 296 g/mol. The highest BCUT2D eigenvalue weighted by atomic mass is 32.1. The molecule has 0 fully saturated rings. The molecular formula is C13H14N2O3S2. The van der Waals surface area contributed by atoms with Crippen LogP contribution >= 0.6 is 22.7 Å². The summed E-state index contributed by atoms with van der Waals surface area (Å²) in [6, 6.07) is 2.09. The van der Waals surface area contributed by atoms with E-state index in [0.717, 1.165) is 16.2 Å². The number of hydrogen-bond donors (Lipinski definition) is 2. The first kappa shape index (κ1) is 14.7. The van der Waals surface area contributed by atoms with E-state index in [9.17, 15) is 9.59 Å². The second-order valence-electron chi connectivity index (χ2n) is 4.36. The van der Waals surface area contributed by atoms with Gasteiger partial charge in [0.05, 0.1) is 6.54 Å². The molecule has 0 atom stereocenters. The molecule has 7 heteroatoms. The third kappa shape index (κ3) is 3.05. The number of aryl methyl sites for hydroxylation is 2. The minimum Gasteiger partial charge on any atom is -0.476 e. The van der Waals surface area contributed by atoms with E-state index >= 15 is 0 Å². The Morgan fingerprint density at radius 1 is 1.35 bits per heavy atom. The number of carboxylic acid groups (broad SMARTS) is 1. The standard InChI is InChI=1S/C13H14N2O3S2/c1-6-4-9(19-8(6)3)5-14-13-15-10(12(17)18)11(20-13)7(2)16/h4H,5H2,1-3H3,(H,14,15)(H,17,18). The Hall–Kier alpha value is -1.73. The smallest absolute Gasteiger partial charge is 0.356 e. The second-order valence-corrected chi connectivity index (χ2v) is 6.70. The Kier molecular flexibility index (Phi) is 4.20. The largest absolute Gasteiger partial charge is 0.476 e. The van der Waals surface area contributed by atoms with Gasteiger partial charge in [-0.25, -0.2) is 9.78 Å². The summed E-state index contributed by atoms with van der Waals surface area (Å²) in [4.78, 5) is 29.0. The molecule has 0 unspecified atom stereocenters. The Balaban J connectivity index is 2.16. The fourth-order valence-electron chi connectivity index (χ4n) is 1.68. The van der Waals surface area contributed by atoms with Gasteiger partial charge in [0.15, 0.2) is 16.6 Å². The number of anilines is 1. The van der Waals surface area contributed by atoms with Crippen LogP contribution in [0.1, 0.15) is 42.4 Å². The van der Waals surface area contributed by atoms with Crippen molar-refractivity contribution >= 4 is 39.6 Å².